The van der Waals surface area contributed by atoms with Crippen LogP contribution in [0.1, 0.15) is 22.4 Å². The van der Waals surface area contributed by atoms with Gasteiger partial charge in [0.15, 0.2) is 5.13 Å². The van der Waals surface area contributed by atoms with Crippen LogP contribution in [0.15, 0.2) is 30.5 Å². The molecule has 1 aromatic heterocycles. The second-order valence-electron chi connectivity index (χ2n) is 6.46. The van der Waals surface area contributed by atoms with E-state index in [4.69, 9.17) is 0 Å². The second-order valence-corrected chi connectivity index (χ2v) is 7.68. The highest BCUT2D eigenvalue weighted by Crippen LogP contribution is 2.29. The second kappa shape index (κ2) is 5.96. The minimum absolute atomic E-state index is 0.115. The van der Waals surface area contributed by atoms with Crippen molar-refractivity contribution in [3.05, 3.63) is 46.5 Å². The number of carbonyl (C=O) groups excluding carboxylic acids is 1. The fourth-order valence-corrected chi connectivity index (χ4v) is 4.36. The molecule has 0 bridgehead atoms. The molecule has 120 valence electrons. The molecule has 4 rings (SSSR count). The molecule has 0 aliphatic carbocycles. The van der Waals surface area contributed by atoms with Crippen LogP contribution < -0.4 is 4.90 Å². The molecule has 2 aliphatic rings. The van der Waals surface area contributed by atoms with Gasteiger partial charge in [0, 0.05) is 37.3 Å². The molecule has 0 spiro atoms. The molecule has 0 saturated carbocycles. The van der Waals surface area contributed by atoms with Crippen molar-refractivity contribution in [3.63, 3.8) is 0 Å². The van der Waals surface area contributed by atoms with Crippen LogP contribution in [0.5, 0.6) is 0 Å². The van der Waals surface area contributed by atoms with Crippen molar-refractivity contribution in [3.8, 4) is 0 Å². The quantitative estimate of drug-likeness (QED) is 0.851. The first-order valence-corrected chi connectivity index (χ1v) is 9.05. The smallest absolute Gasteiger partial charge is 0.227 e. The van der Waals surface area contributed by atoms with E-state index in [0.29, 0.717) is 5.91 Å². The third-order valence-corrected chi connectivity index (χ3v) is 5.83. The molecule has 1 fully saturated rings. The summed E-state index contributed by atoms with van der Waals surface area (Å²) in [6, 6.07) is 8.48. The average Bonchev–Trinajstić information content (AvgIpc) is 3.22. The van der Waals surface area contributed by atoms with Crippen molar-refractivity contribution in [2.75, 3.05) is 24.5 Å². The molecule has 1 saturated heterocycles. The van der Waals surface area contributed by atoms with Gasteiger partial charge in [-0.15, -0.1) is 11.3 Å². The Morgan fingerprint density at radius 2 is 2.09 bits per heavy atom. The van der Waals surface area contributed by atoms with E-state index >= 15 is 0 Å². The number of thiazole rings is 1. The summed E-state index contributed by atoms with van der Waals surface area (Å²) in [5.74, 6) is 0.430. The molecule has 1 aromatic carbocycles. The summed E-state index contributed by atoms with van der Waals surface area (Å²) >= 11 is 1.71. The van der Waals surface area contributed by atoms with Crippen LogP contribution in [-0.2, 0) is 17.8 Å². The largest absolute Gasteiger partial charge is 0.347 e. The maximum Gasteiger partial charge on any atom is 0.227 e. The molecule has 1 unspecified atom stereocenters. The predicted octanol–water partition coefficient (Wildman–Crippen LogP) is 2.86. The summed E-state index contributed by atoms with van der Waals surface area (Å²) in [4.78, 5) is 22.9. The van der Waals surface area contributed by atoms with Gasteiger partial charge in [0.2, 0.25) is 5.91 Å². The van der Waals surface area contributed by atoms with Gasteiger partial charge >= 0.3 is 0 Å². The van der Waals surface area contributed by atoms with Gasteiger partial charge in [-0.2, -0.15) is 0 Å². The molecule has 4 nitrogen and oxygen atoms in total. The fraction of sp³-hybridized carbons (Fsp3) is 0.444. The van der Waals surface area contributed by atoms with Gasteiger partial charge in [0.05, 0.1) is 5.92 Å². The van der Waals surface area contributed by atoms with Gasteiger partial charge in [0.25, 0.3) is 0 Å². The first-order chi connectivity index (χ1) is 11.2. The highest BCUT2D eigenvalue weighted by Gasteiger charge is 2.33. The van der Waals surface area contributed by atoms with Crippen LogP contribution >= 0.6 is 11.3 Å². The van der Waals surface area contributed by atoms with Crippen LogP contribution in [-0.4, -0.2) is 35.4 Å². The van der Waals surface area contributed by atoms with Gasteiger partial charge in [-0.25, -0.2) is 4.98 Å². The average molecular weight is 327 g/mol. The summed E-state index contributed by atoms with van der Waals surface area (Å²) in [5.41, 5.74) is 2.69. The maximum absolute atomic E-state index is 12.9. The Balaban J connectivity index is 1.42. The Morgan fingerprint density at radius 1 is 1.26 bits per heavy atom. The maximum atomic E-state index is 12.9. The number of aryl methyl sites for hydroxylation is 1. The Kier molecular flexibility index (Phi) is 3.81. The molecule has 2 aromatic rings. The first-order valence-electron chi connectivity index (χ1n) is 8.23. The molecule has 0 radical (unpaired) electrons. The van der Waals surface area contributed by atoms with Gasteiger partial charge in [-0.05, 0) is 30.9 Å². The lowest BCUT2D eigenvalue weighted by molar-refractivity contribution is -0.135. The topological polar surface area (TPSA) is 36.4 Å². The molecule has 1 amide bonds. The Hall–Kier alpha value is -1.88. The first kappa shape index (κ1) is 14.7. The monoisotopic (exact) mass is 327 g/mol. The Morgan fingerprint density at radius 3 is 2.87 bits per heavy atom. The van der Waals surface area contributed by atoms with Crippen molar-refractivity contribution in [2.24, 2.45) is 5.92 Å². The van der Waals surface area contributed by atoms with E-state index in [2.05, 4.69) is 41.1 Å². The molecule has 1 atom stereocenters. The van der Waals surface area contributed by atoms with E-state index in [1.807, 2.05) is 11.1 Å². The highest BCUT2D eigenvalue weighted by atomic mass is 32.1. The van der Waals surface area contributed by atoms with Gasteiger partial charge in [0.1, 0.15) is 0 Å². The zero-order chi connectivity index (χ0) is 15.8. The van der Waals surface area contributed by atoms with E-state index in [0.717, 1.165) is 44.2 Å². The number of fused-ring (bicyclic) bond motifs is 1. The predicted molar refractivity (Wildman–Crippen MR) is 92.7 cm³/mol. The number of aromatic nitrogens is 1. The number of anilines is 1. The standard InChI is InChI=1S/C18H21N3OS/c1-13-10-19-18(23-13)21-9-7-16(12-21)17(22)20-8-6-14-4-2-3-5-15(14)11-20/h2-5,10,16H,6-9,11-12H2,1H3. The molecule has 5 heteroatoms. The van der Waals surface area contributed by atoms with Gasteiger partial charge in [-0.1, -0.05) is 24.3 Å². The minimum atomic E-state index is 0.115. The van der Waals surface area contributed by atoms with Crippen molar-refractivity contribution in [1.82, 2.24) is 9.88 Å². The third kappa shape index (κ3) is 2.85. The van der Waals surface area contributed by atoms with Crippen molar-refractivity contribution in [1.29, 1.82) is 0 Å². The number of nitrogens with zero attached hydrogens (tertiary/aromatic N) is 3. The number of amides is 1. The lowest BCUT2D eigenvalue weighted by atomic mass is 9.98. The number of carbonyl (C=O) groups is 1. The molecule has 23 heavy (non-hydrogen) atoms. The number of hydrogen-bond donors (Lipinski definition) is 0. The van der Waals surface area contributed by atoms with Crippen LogP contribution in [0.3, 0.4) is 0 Å². The van der Waals surface area contributed by atoms with E-state index in [1.54, 1.807) is 11.3 Å². The summed E-state index contributed by atoms with van der Waals surface area (Å²) < 4.78 is 0. The molecular weight excluding hydrogens is 306 g/mol. The van der Waals surface area contributed by atoms with Crippen LogP contribution in [0, 0.1) is 12.8 Å². The minimum Gasteiger partial charge on any atom is -0.347 e. The number of hydrogen-bond acceptors (Lipinski definition) is 4. The van der Waals surface area contributed by atoms with Crippen LogP contribution in [0.25, 0.3) is 0 Å². The fourth-order valence-electron chi connectivity index (χ4n) is 3.57. The van der Waals surface area contributed by atoms with Crippen molar-refractivity contribution >= 4 is 22.4 Å². The van der Waals surface area contributed by atoms with Gasteiger partial charge in [-0.3, -0.25) is 4.79 Å². The Labute approximate surface area is 140 Å². The highest BCUT2D eigenvalue weighted by molar-refractivity contribution is 7.15. The van der Waals surface area contributed by atoms with Crippen LogP contribution in [0.4, 0.5) is 5.13 Å². The summed E-state index contributed by atoms with van der Waals surface area (Å²) in [6.07, 6.45) is 3.83. The summed E-state index contributed by atoms with van der Waals surface area (Å²) in [7, 11) is 0. The van der Waals surface area contributed by atoms with Crippen LogP contribution in [0.2, 0.25) is 0 Å². The lowest BCUT2D eigenvalue weighted by Crippen LogP contribution is -2.40. The van der Waals surface area contributed by atoms with E-state index in [-0.39, 0.29) is 5.92 Å². The normalized spacial score (nSPS) is 20.7. The zero-order valence-electron chi connectivity index (χ0n) is 13.4. The van der Waals surface area contributed by atoms with Gasteiger partial charge < -0.3 is 9.80 Å². The van der Waals surface area contributed by atoms with E-state index in [9.17, 15) is 4.79 Å². The lowest BCUT2D eigenvalue weighted by Gasteiger charge is -2.30. The van der Waals surface area contributed by atoms with E-state index in [1.165, 1.54) is 16.0 Å². The summed E-state index contributed by atoms with van der Waals surface area (Å²) in [6.45, 7) is 5.44. The molecule has 3 heterocycles. The Bertz CT molecular complexity index is 727. The molecule has 0 N–H and O–H groups in total. The summed E-state index contributed by atoms with van der Waals surface area (Å²) in [5, 5.41) is 1.06. The zero-order valence-corrected chi connectivity index (χ0v) is 14.2. The third-order valence-electron chi connectivity index (χ3n) is 4.86. The number of benzene rings is 1. The van der Waals surface area contributed by atoms with E-state index < -0.39 is 0 Å². The molecule has 2 aliphatic heterocycles. The van der Waals surface area contributed by atoms with Crippen molar-refractivity contribution < 1.29 is 4.79 Å². The van der Waals surface area contributed by atoms with Crippen molar-refractivity contribution in [2.45, 2.75) is 26.3 Å². The SMILES string of the molecule is Cc1cnc(N2CCC(C(=O)N3CCc4ccccc4C3)C2)s1. The molecular formula is C18H21N3OS. The number of rotatable bonds is 2.